The van der Waals surface area contributed by atoms with Crippen molar-refractivity contribution in [3.63, 3.8) is 0 Å². The molecule has 0 saturated heterocycles. The third-order valence-electron chi connectivity index (χ3n) is 3.86. The molecule has 1 aliphatic rings. The highest BCUT2D eigenvalue weighted by atomic mass is 16.5. The molecule has 1 atom stereocenters. The van der Waals surface area contributed by atoms with E-state index in [0.717, 1.165) is 25.0 Å². The van der Waals surface area contributed by atoms with Crippen molar-refractivity contribution in [3.8, 4) is 5.75 Å². The maximum Gasteiger partial charge on any atom is 0.119 e. The number of rotatable bonds is 4. The first-order valence-electron chi connectivity index (χ1n) is 6.51. The van der Waals surface area contributed by atoms with Crippen molar-refractivity contribution >= 4 is 0 Å². The van der Waals surface area contributed by atoms with E-state index in [1.165, 1.54) is 17.5 Å². The molecule has 0 amide bonds. The third-order valence-corrected chi connectivity index (χ3v) is 3.86. The average molecular weight is 233 g/mol. The third kappa shape index (κ3) is 2.47. The fourth-order valence-corrected chi connectivity index (χ4v) is 2.66. The minimum Gasteiger partial charge on any atom is -0.497 e. The van der Waals surface area contributed by atoms with Gasteiger partial charge in [0.05, 0.1) is 7.11 Å². The van der Waals surface area contributed by atoms with Crippen LogP contribution in [-0.2, 0) is 12.0 Å². The van der Waals surface area contributed by atoms with Crippen LogP contribution in [0.1, 0.15) is 44.2 Å². The molecule has 0 heterocycles. The Morgan fingerprint density at radius 1 is 1.41 bits per heavy atom. The Labute approximate surface area is 104 Å². The van der Waals surface area contributed by atoms with Gasteiger partial charge in [-0.05, 0) is 54.9 Å². The second-order valence-corrected chi connectivity index (χ2v) is 5.61. The first-order valence-corrected chi connectivity index (χ1v) is 6.51. The topological polar surface area (TPSA) is 35.2 Å². The average Bonchev–Trinajstić information content (AvgIpc) is 2.65. The van der Waals surface area contributed by atoms with Crippen LogP contribution in [0.2, 0.25) is 0 Å². The van der Waals surface area contributed by atoms with E-state index in [-0.39, 0.29) is 5.54 Å². The molecule has 0 spiro atoms. The molecule has 1 unspecified atom stereocenters. The lowest BCUT2D eigenvalue weighted by molar-refractivity contribution is 0.361. The number of methoxy groups -OCH3 is 1. The van der Waals surface area contributed by atoms with Crippen LogP contribution in [0.4, 0.5) is 0 Å². The summed E-state index contributed by atoms with van der Waals surface area (Å²) in [6.07, 6.45) is 4.44. The van der Waals surface area contributed by atoms with E-state index >= 15 is 0 Å². The van der Waals surface area contributed by atoms with Crippen LogP contribution in [0.5, 0.6) is 5.75 Å². The second-order valence-electron chi connectivity index (χ2n) is 5.61. The van der Waals surface area contributed by atoms with Gasteiger partial charge >= 0.3 is 0 Å². The molecule has 2 rings (SSSR count). The number of fused-ring (bicyclic) bond motifs is 1. The molecule has 2 nitrogen and oxygen atoms in total. The van der Waals surface area contributed by atoms with Gasteiger partial charge in [-0.2, -0.15) is 0 Å². The van der Waals surface area contributed by atoms with Crippen LogP contribution in [-0.4, -0.2) is 7.11 Å². The highest BCUT2D eigenvalue weighted by Gasteiger charge is 2.34. The molecule has 0 aromatic heterocycles. The zero-order chi connectivity index (χ0) is 12.5. The van der Waals surface area contributed by atoms with Crippen molar-refractivity contribution in [3.05, 3.63) is 29.3 Å². The summed E-state index contributed by atoms with van der Waals surface area (Å²) >= 11 is 0. The summed E-state index contributed by atoms with van der Waals surface area (Å²) in [5.74, 6) is 1.63. The fraction of sp³-hybridized carbons (Fsp3) is 0.600. The Morgan fingerprint density at radius 2 is 2.18 bits per heavy atom. The second kappa shape index (κ2) is 4.69. The predicted molar refractivity (Wildman–Crippen MR) is 71.3 cm³/mol. The molecule has 0 aliphatic heterocycles. The van der Waals surface area contributed by atoms with Crippen LogP contribution < -0.4 is 10.5 Å². The molecule has 94 valence electrons. The van der Waals surface area contributed by atoms with Crippen molar-refractivity contribution in [2.75, 3.05) is 7.11 Å². The molecule has 17 heavy (non-hydrogen) atoms. The maximum absolute atomic E-state index is 6.59. The van der Waals surface area contributed by atoms with E-state index in [9.17, 15) is 0 Å². The molecule has 0 saturated carbocycles. The van der Waals surface area contributed by atoms with Crippen molar-refractivity contribution in [2.24, 2.45) is 11.7 Å². The van der Waals surface area contributed by atoms with E-state index in [2.05, 4.69) is 26.0 Å². The molecule has 2 heteroatoms. The number of benzene rings is 1. The van der Waals surface area contributed by atoms with Crippen LogP contribution in [0.15, 0.2) is 18.2 Å². The lowest BCUT2D eigenvalue weighted by Gasteiger charge is -2.26. The van der Waals surface area contributed by atoms with Crippen LogP contribution in [0.25, 0.3) is 0 Å². The monoisotopic (exact) mass is 233 g/mol. The standard InChI is InChI=1S/C15H23NO/c1-11(2)6-8-15(16)9-7-12-4-5-13(17-3)10-14(12)15/h4-5,10-11H,6-9,16H2,1-3H3. The molecule has 0 radical (unpaired) electrons. The normalized spacial score (nSPS) is 22.9. The largest absolute Gasteiger partial charge is 0.497 e. The first kappa shape index (κ1) is 12.4. The van der Waals surface area contributed by atoms with E-state index in [4.69, 9.17) is 10.5 Å². The molecular formula is C15H23NO. The lowest BCUT2D eigenvalue weighted by atomic mass is 9.86. The smallest absolute Gasteiger partial charge is 0.119 e. The van der Waals surface area contributed by atoms with Crippen molar-refractivity contribution < 1.29 is 4.74 Å². The molecule has 1 aliphatic carbocycles. The molecule has 1 aromatic rings. The van der Waals surface area contributed by atoms with Crippen molar-refractivity contribution in [2.45, 2.75) is 45.1 Å². The van der Waals surface area contributed by atoms with Gasteiger partial charge in [-0.15, -0.1) is 0 Å². The zero-order valence-corrected chi connectivity index (χ0v) is 11.1. The van der Waals surface area contributed by atoms with Crippen molar-refractivity contribution in [1.82, 2.24) is 0 Å². The molecule has 0 bridgehead atoms. The Balaban J connectivity index is 2.24. The number of hydrogen-bond acceptors (Lipinski definition) is 2. The summed E-state index contributed by atoms with van der Waals surface area (Å²) in [6.45, 7) is 4.51. The van der Waals surface area contributed by atoms with Gasteiger partial charge in [-0.25, -0.2) is 0 Å². The van der Waals surface area contributed by atoms with E-state index in [1.54, 1.807) is 7.11 Å². The Bertz CT molecular complexity index is 400. The molecule has 2 N–H and O–H groups in total. The SMILES string of the molecule is COc1ccc2c(c1)C(N)(CCC(C)C)CC2. The summed E-state index contributed by atoms with van der Waals surface area (Å²) in [4.78, 5) is 0. The van der Waals surface area contributed by atoms with Gasteiger partial charge in [0.1, 0.15) is 5.75 Å². The Kier molecular flexibility index (Phi) is 3.43. The van der Waals surface area contributed by atoms with Gasteiger partial charge in [0, 0.05) is 5.54 Å². The number of hydrogen-bond donors (Lipinski definition) is 1. The summed E-state index contributed by atoms with van der Waals surface area (Å²) in [5.41, 5.74) is 9.16. The quantitative estimate of drug-likeness (QED) is 0.866. The predicted octanol–water partition coefficient (Wildman–Crippen LogP) is 3.23. The molecule has 0 fully saturated rings. The minimum absolute atomic E-state index is 0.131. The van der Waals surface area contributed by atoms with Crippen LogP contribution in [0, 0.1) is 5.92 Å². The van der Waals surface area contributed by atoms with Gasteiger partial charge in [0.2, 0.25) is 0 Å². The fourth-order valence-electron chi connectivity index (χ4n) is 2.66. The van der Waals surface area contributed by atoms with Crippen molar-refractivity contribution in [1.29, 1.82) is 0 Å². The molecular weight excluding hydrogens is 210 g/mol. The Morgan fingerprint density at radius 3 is 2.82 bits per heavy atom. The number of aryl methyl sites for hydroxylation is 1. The molecule has 1 aromatic carbocycles. The summed E-state index contributed by atoms with van der Waals surface area (Å²) in [6, 6.07) is 6.33. The summed E-state index contributed by atoms with van der Waals surface area (Å²) in [7, 11) is 1.71. The van der Waals surface area contributed by atoms with Gasteiger partial charge in [-0.1, -0.05) is 19.9 Å². The van der Waals surface area contributed by atoms with E-state index in [0.29, 0.717) is 5.92 Å². The minimum atomic E-state index is -0.131. The maximum atomic E-state index is 6.59. The van der Waals surface area contributed by atoms with Gasteiger partial charge in [0.15, 0.2) is 0 Å². The van der Waals surface area contributed by atoms with Gasteiger partial charge in [-0.3, -0.25) is 0 Å². The lowest BCUT2D eigenvalue weighted by Crippen LogP contribution is -2.34. The van der Waals surface area contributed by atoms with E-state index < -0.39 is 0 Å². The number of nitrogens with two attached hydrogens (primary N) is 1. The van der Waals surface area contributed by atoms with E-state index in [1.807, 2.05) is 6.07 Å². The summed E-state index contributed by atoms with van der Waals surface area (Å²) in [5, 5.41) is 0. The zero-order valence-electron chi connectivity index (χ0n) is 11.1. The van der Waals surface area contributed by atoms with Crippen LogP contribution >= 0.6 is 0 Å². The first-order chi connectivity index (χ1) is 8.05. The highest BCUT2D eigenvalue weighted by Crippen LogP contribution is 2.40. The van der Waals surface area contributed by atoms with Gasteiger partial charge in [0.25, 0.3) is 0 Å². The Hall–Kier alpha value is -1.02. The van der Waals surface area contributed by atoms with Crippen LogP contribution in [0.3, 0.4) is 0 Å². The van der Waals surface area contributed by atoms with Gasteiger partial charge < -0.3 is 10.5 Å². The summed E-state index contributed by atoms with van der Waals surface area (Å²) < 4.78 is 5.30. The number of ether oxygens (including phenoxy) is 1. The highest BCUT2D eigenvalue weighted by molar-refractivity contribution is 5.43.